The summed E-state index contributed by atoms with van der Waals surface area (Å²) in [6, 6.07) is 13.4. The lowest BCUT2D eigenvalue weighted by Gasteiger charge is -2.01. The van der Waals surface area contributed by atoms with E-state index in [0.29, 0.717) is 50.2 Å². The number of non-ortho nitro benzene ring substituents is 1. The number of hydrogen-bond acceptors (Lipinski definition) is 9. The zero-order valence-corrected chi connectivity index (χ0v) is 19.6. The number of carbonyl (C=O) groups excluding carboxylic acids is 1. The van der Waals surface area contributed by atoms with E-state index in [1.165, 1.54) is 35.2 Å². The molecule has 0 unspecified atom stereocenters. The fourth-order valence-corrected chi connectivity index (χ4v) is 4.82. The first-order valence-electron chi connectivity index (χ1n) is 10.4. The van der Waals surface area contributed by atoms with Gasteiger partial charge in [-0.25, -0.2) is 9.97 Å². The molecule has 4 heterocycles. The average Bonchev–Trinajstić information content (AvgIpc) is 3.66. The van der Waals surface area contributed by atoms with Crippen LogP contribution >= 0.6 is 23.1 Å². The van der Waals surface area contributed by atoms with E-state index >= 15 is 0 Å². The van der Waals surface area contributed by atoms with Gasteiger partial charge in [0.2, 0.25) is 5.91 Å². The Morgan fingerprint density at radius 2 is 1.91 bits per heavy atom. The predicted octanol–water partition coefficient (Wildman–Crippen LogP) is 6.08. The molecule has 1 aromatic carbocycles. The maximum Gasteiger partial charge on any atom is 0.270 e. The van der Waals surface area contributed by atoms with Crippen molar-refractivity contribution in [2.75, 3.05) is 11.1 Å². The molecule has 1 amide bonds. The van der Waals surface area contributed by atoms with Crippen molar-refractivity contribution in [2.24, 2.45) is 0 Å². The van der Waals surface area contributed by atoms with Crippen LogP contribution in [0, 0.1) is 10.1 Å². The second-order valence-electron chi connectivity index (χ2n) is 7.21. The Labute approximate surface area is 206 Å². The number of anilines is 1. The van der Waals surface area contributed by atoms with Crippen LogP contribution in [0.1, 0.15) is 6.42 Å². The van der Waals surface area contributed by atoms with Crippen LogP contribution in [0.15, 0.2) is 80.4 Å². The number of benzene rings is 1. The molecule has 0 fully saturated rings. The highest BCUT2D eigenvalue weighted by Gasteiger charge is 2.19. The standard InChI is InChI=1S/C23H17N5O5S2/c29-19(25-22-24-16(13-35-22)14-4-1-5-15(12-14)28(30)31)8-11-34-23-26-20(17-6-2-9-32-17)21(27-23)18-7-3-10-33-18/h1-7,9-10,12-13H,8,11H2,(H,26,27)(H,24,25,29). The van der Waals surface area contributed by atoms with Crippen LogP contribution in [0.3, 0.4) is 0 Å². The van der Waals surface area contributed by atoms with E-state index in [-0.39, 0.29) is 18.0 Å². The molecule has 0 spiro atoms. The minimum absolute atomic E-state index is 0.0125. The van der Waals surface area contributed by atoms with Gasteiger partial charge in [0.25, 0.3) is 5.69 Å². The molecular formula is C23H17N5O5S2. The van der Waals surface area contributed by atoms with Crippen LogP contribution in [-0.2, 0) is 4.79 Å². The molecule has 0 atom stereocenters. The Hall–Kier alpha value is -4.16. The quantitative estimate of drug-likeness (QED) is 0.139. The summed E-state index contributed by atoms with van der Waals surface area (Å²) in [6.45, 7) is 0. The normalized spacial score (nSPS) is 11.0. The zero-order chi connectivity index (χ0) is 24.2. The Bertz CT molecular complexity index is 1410. The number of nitrogens with zero attached hydrogens (tertiary/aromatic N) is 3. The molecule has 0 aliphatic carbocycles. The van der Waals surface area contributed by atoms with E-state index in [1.54, 1.807) is 42.2 Å². The number of aromatic nitrogens is 3. The lowest BCUT2D eigenvalue weighted by molar-refractivity contribution is -0.384. The zero-order valence-electron chi connectivity index (χ0n) is 18.0. The topological polar surface area (TPSA) is 140 Å². The summed E-state index contributed by atoms with van der Waals surface area (Å²) in [4.78, 5) is 35.2. The van der Waals surface area contributed by atoms with Gasteiger partial charge in [-0.3, -0.25) is 14.9 Å². The lowest BCUT2D eigenvalue weighted by Crippen LogP contribution is -2.12. The van der Waals surface area contributed by atoms with Gasteiger partial charge in [-0.1, -0.05) is 23.9 Å². The van der Waals surface area contributed by atoms with Gasteiger partial charge >= 0.3 is 0 Å². The van der Waals surface area contributed by atoms with Gasteiger partial charge in [-0.05, 0) is 24.3 Å². The summed E-state index contributed by atoms with van der Waals surface area (Å²) < 4.78 is 11.0. The second-order valence-corrected chi connectivity index (χ2v) is 9.15. The predicted molar refractivity (Wildman–Crippen MR) is 132 cm³/mol. The fraction of sp³-hybridized carbons (Fsp3) is 0.0870. The largest absolute Gasteiger partial charge is 0.463 e. The Balaban J connectivity index is 1.20. The number of nitro benzene ring substituents is 1. The molecule has 0 saturated heterocycles. The molecule has 4 aromatic heterocycles. The molecule has 5 aromatic rings. The molecule has 0 radical (unpaired) electrons. The van der Waals surface area contributed by atoms with Crippen LogP contribution in [0.5, 0.6) is 0 Å². The lowest BCUT2D eigenvalue weighted by atomic mass is 10.1. The first-order valence-corrected chi connectivity index (χ1v) is 12.2. The number of carbonyl (C=O) groups is 1. The maximum absolute atomic E-state index is 12.4. The SMILES string of the molecule is O=C(CCSc1nc(-c2ccco2)c(-c2ccco2)[nH]1)Nc1nc(-c2cccc([N+](=O)[O-])c2)cs1. The highest BCUT2D eigenvalue weighted by atomic mass is 32.2. The molecule has 0 aliphatic heterocycles. The van der Waals surface area contributed by atoms with Crippen molar-refractivity contribution >= 4 is 39.8 Å². The van der Waals surface area contributed by atoms with Gasteiger partial charge in [0, 0.05) is 35.2 Å². The number of furan rings is 2. The van der Waals surface area contributed by atoms with Gasteiger partial charge in [-0.2, -0.15) is 0 Å². The molecule has 10 nitrogen and oxygen atoms in total. The minimum atomic E-state index is -0.454. The highest BCUT2D eigenvalue weighted by molar-refractivity contribution is 7.99. The van der Waals surface area contributed by atoms with E-state index in [4.69, 9.17) is 8.83 Å². The molecule has 12 heteroatoms. The Morgan fingerprint density at radius 1 is 1.11 bits per heavy atom. The minimum Gasteiger partial charge on any atom is -0.463 e. The average molecular weight is 508 g/mol. The third-order valence-corrected chi connectivity index (χ3v) is 6.51. The first-order chi connectivity index (χ1) is 17.1. The number of amides is 1. The monoisotopic (exact) mass is 507 g/mol. The number of rotatable bonds is 9. The summed E-state index contributed by atoms with van der Waals surface area (Å²) in [5, 5.41) is 16.6. The molecule has 0 saturated carbocycles. The van der Waals surface area contributed by atoms with Crippen molar-refractivity contribution in [3.63, 3.8) is 0 Å². The number of H-pyrrole nitrogens is 1. The fourth-order valence-electron chi connectivity index (χ4n) is 3.28. The van der Waals surface area contributed by atoms with Crippen molar-refractivity contribution in [1.29, 1.82) is 0 Å². The molecule has 0 bridgehead atoms. The first kappa shape index (κ1) is 22.6. The van der Waals surface area contributed by atoms with Crippen molar-refractivity contribution in [3.05, 3.63) is 76.6 Å². The maximum atomic E-state index is 12.4. The molecule has 35 heavy (non-hydrogen) atoms. The van der Waals surface area contributed by atoms with Gasteiger partial charge in [0.15, 0.2) is 21.8 Å². The summed E-state index contributed by atoms with van der Waals surface area (Å²) in [5.41, 5.74) is 2.50. The van der Waals surface area contributed by atoms with Crippen LogP contribution < -0.4 is 5.32 Å². The van der Waals surface area contributed by atoms with Crippen molar-refractivity contribution < 1.29 is 18.6 Å². The van der Waals surface area contributed by atoms with E-state index < -0.39 is 4.92 Å². The van der Waals surface area contributed by atoms with Crippen molar-refractivity contribution in [2.45, 2.75) is 11.6 Å². The number of hydrogen-bond donors (Lipinski definition) is 2. The van der Waals surface area contributed by atoms with E-state index in [2.05, 4.69) is 20.3 Å². The van der Waals surface area contributed by atoms with E-state index in [9.17, 15) is 14.9 Å². The summed E-state index contributed by atoms with van der Waals surface area (Å²) in [5.74, 6) is 1.54. The number of thioether (sulfide) groups is 1. The molecule has 176 valence electrons. The number of aromatic amines is 1. The number of nitro groups is 1. The van der Waals surface area contributed by atoms with Crippen molar-refractivity contribution in [3.8, 4) is 34.2 Å². The van der Waals surface area contributed by atoms with Gasteiger partial charge in [0.1, 0.15) is 11.4 Å². The highest BCUT2D eigenvalue weighted by Crippen LogP contribution is 2.33. The van der Waals surface area contributed by atoms with Crippen LogP contribution in [0.25, 0.3) is 34.2 Å². The Kier molecular flexibility index (Phi) is 6.46. The smallest absolute Gasteiger partial charge is 0.270 e. The van der Waals surface area contributed by atoms with Gasteiger partial charge < -0.3 is 19.1 Å². The molecule has 5 rings (SSSR count). The van der Waals surface area contributed by atoms with Crippen molar-refractivity contribution in [1.82, 2.24) is 15.0 Å². The molecule has 2 N–H and O–H groups in total. The molecular weight excluding hydrogens is 490 g/mol. The van der Waals surface area contributed by atoms with Gasteiger partial charge in [0.05, 0.1) is 23.1 Å². The third kappa shape index (κ3) is 5.18. The Morgan fingerprint density at radius 3 is 2.66 bits per heavy atom. The van der Waals surface area contributed by atoms with Crippen LogP contribution in [-0.4, -0.2) is 31.5 Å². The summed E-state index contributed by atoms with van der Waals surface area (Å²) >= 11 is 2.66. The van der Waals surface area contributed by atoms with Gasteiger partial charge in [-0.15, -0.1) is 11.3 Å². The number of thiazole rings is 1. The third-order valence-electron chi connectivity index (χ3n) is 4.88. The second kappa shape index (κ2) is 9.99. The van der Waals surface area contributed by atoms with E-state index in [0.717, 1.165) is 0 Å². The molecule has 0 aliphatic rings. The summed E-state index contributed by atoms with van der Waals surface area (Å²) in [7, 11) is 0. The number of imidazole rings is 1. The van der Waals surface area contributed by atoms with Crippen LogP contribution in [0.2, 0.25) is 0 Å². The van der Waals surface area contributed by atoms with E-state index in [1.807, 2.05) is 12.1 Å². The summed E-state index contributed by atoms with van der Waals surface area (Å²) in [6.07, 6.45) is 3.40. The number of nitrogens with one attached hydrogen (secondary N) is 2. The van der Waals surface area contributed by atoms with Crippen LogP contribution in [0.4, 0.5) is 10.8 Å².